The topological polar surface area (TPSA) is 44.5 Å². The van der Waals surface area contributed by atoms with E-state index in [9.17, 15) is 0 Å². The molecular weight excluding hydrogens is 202 g/mol. The molecule has 0 heterocycles. The van der Waals surface area contributed by atoms with Gasteiger partial charge in [-0.2, -0.15) is 0 Å². The summed E-state index contributed by atoms with van der Waals surface area (Å²) < 4.78 is 10.6. The molecule has 0 amide bonds. The summed E-state index contributed by atoms with van der Waals surface area (Å²) in [6.45, 7) is 0.736. The molecule has 0 saturated heterocycles. The smallest absolute Gasteiger partial charge is 0.122 e. The number of methoxy groups -OCH3 is 2. The summed E-state index contributed by atoms with van der Waals surface area (Å²) in [4.78, 5) is 0. The van der Waals surface area contributed by atoms with Crippen LogP contribution in [-0.4, -0.2) is 20.8 Å². The van der Waals surface area contributed by atoms with E-state index in [-0.39, 0.29) is 5.41 Å². The molecule has 0 unspecified atom stereocenters. The lowest BCUT2D eigenvalue weighted by atomic mass is 9.92. The lowest BCUT2D eigenvalue weighted by molar-refractivity contribution is 0.392. The van der Waals surface area contributed by atoms with Crippen LogP contribution in [0.3, 0.4) is 0 Å². The SMILES string of the molecule is COc1cc(OC)cc(C2(CCN)CC2)c1. The number of ether oxygens (including phenoxy) is 2. The van der Waals surface area contributed by atoms with Crippen molar-refractivity contribution in [1.29, 1.82) is 0 Å². The summed E-state index contributed by atoms with van der Waals surface area (Å²) >= 11 is 0. The van der Waals surface area contributed by atoms with Crippen LogP contribution in [0.25, 0.3) is 0 Å². The van der Waals surface area contributed by atoms with Crippen molar-refractivity contribution in [2.24, 2.45) is 5.73 Å². The number of benzene rings is 1. The van der Waals surface area contributed by atoms with Gasteiger partial charge in [0.25, 0.3) is 0 Å². The van der Waals surface area contributed by atoms with Crippen molar-refractivity contribution in [3.8, 4) is 11.5 Å². The van der Waals surface area contributed by atoms with Gasteiger partial charge in [0, 0.05) is 6.07 Å². The van der Waals surface area contributed by atoms with Crippen molar-refractivity contribution >= 4 is 0 Å². The molecule has 0 radical (unpaired) electrons. The second-order valence-electron chi connectivity index (χ2n) is 4.42. The Kier molecular flexibility index (Phi) is 3.06. The quantitative estimate of drug-likeness (QED) is 0.828. The first kappa shape index (κ1) is 11.3. The van der Waals surface area contributed by atoms with E-state index < -0.39 is 0 Å². The van der Waals surface area contributed by atoms with Crippen LogP contribution in [0.1, 0.15) is 24.8 Å². The first-order valence-electron chi connectivity index (χ1n) is 5.68. The van der Waals surface area contributed by atoms with Crippen LogP contribution in [0.15, 0.2) is 18.2 Å². The van der Waals surface area contributed by atoms with Gasteiger partial charge in [-0.05, 0) is 48.9 Å². The van der Waals surface area contributed by atoms with E-state index in [4.69, 9.17) is 15.2 Å². The van der Waals surface area contributed by atoms with Gasteiger partial charge >= 0.3 is 0 Å². The molecule has 3 heteroatoms. The van der Waals surface area contributed by atoms with Gasteiger partial charge in [0.15, 0.2) is 0 Å². The molecule has 1 aliphatic rings. The highest BCUT2D eigenvalue weighted by atomic mass is 16.5. The fourth-order valence-corrected chi connectivity index (χ4v) is 2.22. The number of hydrogen-bond acceptors (Lipinski definition) is 3. The highest BCUT2D eigenvalue weighted by Crippen LogP contribution is 2.52. The van der Waals surface area contributed by atoms with Crippen molar-refractivity contribution in [3.05, 3.63) is 23.8 Å². The maximum atomic E-state index is 5.67. The largest absolute Gasteiger partial charge is 0.497 e. The van der Waals surface area contributed by atoms with Crippen LogP contribution in [0, 0.1) is 0 Å². The molecule has 0 spiro atoms. The predicted molar refractivity (Wildman–Crippen MR) is 64.1 cm³/mol. The van der Waals surface area contributed by atoms with Crippen LogP contribution >= 0.6 is 0 Å². The number of nitrogens with two attached hydrogens (primary N) is 1. The van der Waals surface area contributed by atoms with Crippen molar-refractivity contribution in [2.45, 2.75) is 24.7 Å². The second-order valence-corrected chi connectivity index (χ2v) is 4.42. The van der Waals surface area contributed by atoms with Crippen molar-refractivity contribution in [1.82, 2.24) is 0 Å². The van der Waals surface area contributed by atoms with Crippen LogP contribution < -0.4 is 15.2 Å². The van der Waals surface area contributed by atoms with Crippen molar-refractivity contribution in [2.75, 3.05) is 20.8 Å². The average Bonchev–Trinajstić information content (AvgIpc) is 3.10. The summed E-state index contributed by atoms with van der Waals surface area (Å²) in [5.74, 6) is 1.72. The van der Waals surface area contributed by atoms with Crippen LogP contribution in [0.4, 0.5) is 0 Å². The molecule has 1 fully saturated rings. The third-order valence-corrected chi connectivity index (χ3v) is 3.44. The molecule has 0 bridgehead atoms. The fourth-order valence-electron chi connectivity index (χ4n) is 2.22. The molecule has 16 heavy (non-hydrogen) atoms. The van der Waals surface area contributed by atoms with Crippen molar-refractivity contribution < 1.29 is 9.47 Å². The maximum absolute atomic E-state index is 5.67. The lowest BCUT2D eigenvalue weighted by Gasteiger charge is -2.16. The van der Waals surface area contributed by atoms with E-state index in [2.05, 4.69) is 12.1 Å². The van der Waals surface area contributed by atoms with Gasteiger partial charge in [-0.3, -0.25) is 0 Å². The Morgan fingerprint density at radius 2 is 1.69 bits per heavy atom. The maximum Gasteiger partial charge on any atom is 0.122 e. The molecule has 1 aromatic carbocycles. The minimum absolute atomic E-state index is 0.288. The normalized spacial score (nSPS) is 16.9. The summed E-state index contributed by atoms with van der Waals surface area (Å²) in [5, 5.41) is 0. The van der Waals surface area contributed by atoms with Gasteiger partial charge in [-0.15, -0.1) is 0 Å². The Bertz CT molecular complexity index is 350. The monoisotopic (exact) mass is 221 g/mol. The molecule has 2 N–H and O–H groups in total. The Balaban J connectivity index is 2.33. The molecule has 88 valence electrons. The predicted octanol–water partition coefficient (Wildman–Crippen LogP) is 2.08. The third-order valence-electron chi connectivity index (χ3n) is 3.44. The van der Waals surface area contributed by atoms with Crippen LogP contribution in [0.5, 0.6) is 11.5 Å². The van der Waals surface area contributed by atoms with Gasteiger partial charge in [0.1, 0.15) is 11.5 Å². The van der Waals surface area contributed by atoms with E-state index in [0.29, 0.717) is 0 Å². The Morgan fingerprint density at radius 1 is 1.12 bits per heavy atom. The highest BCUT2D eigenvalue weighted by molar-refractivity contribution is 5.44. The van der Waals surface area contributed by atoms with Gasteiger partial charge in [-0.25, -0.2) is 0 Å². The first-order chi connectivity index (χ1) is 7.74. The lowest BCUT2D eigenvalue weighted by Crippen LogP contribution is -2.13. The van der Waals surface area contributed by atoms with Crippen LogP contribution in [-0.2, 0) is 5.41 Å². The zero-order chi connectivity index (χ0) is 11.6. The summed E-state index contributed by atoms with van der Waals surface area (Å²) in [7, 11) is 3.36. The first-order valence-corrected chi connectivity index (χ1v) is 5.68. The molecule has 3 nitrogen and oxygen atoms in total. The van der Waals surface area contributed by atoms with E-state index in [0.717, 1.165) is 24.5 Å². The Hall–Kier alpha value is -1.22. The zero-order valence-electron chi connectivity index (χ0n) is 9.95. The summed E-state index contributed by atoms with van der Waals surface area (Å²) in [6.07, 6.45) is 3.49. The molecule has 2 rings (SSSR count). The Morgan fingerprint density at radius 3 is 2.06 bits per heavy atom. The number of rotatable bonds is 5. The minimum Gasteiger partial charge on any atom is -0.497 e. The van der Waals surface area contributed by atoms with E-state index in [1.807, 2.05) is 6.07 Å². The summed E-state index contributed by atoms with van der Waals surface area (Å²) in [6, 6.07) is 6.11. The third kappa shape index (κ3) is 2.00. The standard InChI is InChI=1S/C13H19NO2/c1-15-11-7-10(8-12(9-11)16-2)13(3-4-13)5-6-14/h7-9H,3-6,14H2,1-2H3. The van der Waals surface area contributed by atoms with E-state index in [1.54, 1.807) is 14.2 Å². The zero-order valence-corrected chi connectivity index (χ0v) is 9.95. The highest BCUT2D eigenvalue weighted by Gasteiger charge is 2.43. The average molecular weight is 221 g/mol. The minimum atomic E-state index is 0.288. The van der Waals surface area contributed by atoms with Gasteiger partial charge in [0.2, 0.25) is 0 Å². The van der Waals surface area contributed by atoms with E-state index in [1.165, 1.54) is 18.4 Å². The van der Waals surface area contributed by atoms with Gasteiger partial charge < -0.3 is 15.2 Å². The molecule has 0 atom stereocenters. The van der Waals surface area contributed by atoms with Gasteiger partial charge in [-0.1, -0.05) is 0 Å². The number of hydrogen-bond donors (Lipinski definition) is 1. The fraction of sp³-hybridized carbons (Fsp3) is 0.538. The Labute approximate surface area is 96.5 Å². The summed E-state index contributed by atoms with van der Waals surface area (Å²) in [5.41, 5.74) is 7.26. The molecule has 0 aromatic heterocycles. The van der Waals surface area contributed by atoms with Crippen molar-refractivity contribution in [3.63, 3.8) is 0 Å². The second kappa shape index (κ2) is 4.34. The molecular formula is C13H19NO2. The van der Waals surface area contributed by atoms with Gasteiger partial charge in [0.05, 0.1) is 14.2 Å². The van der Waals surface area contributed by atoms with E-state index >= 15 is 0 Å². The molecule has 0 aliphatic heterocycles. The molecule has 1 aliphatic carbocycles. The molecule has 1 aromatic rings. The van der Waals surface area contributed by atoms with Crippen LogP contribution in [0.2, 0.25) is 0 Å². The molecule has 1 saturated carbocycles.